The van der Waals surface area contributed by atoms with Crippen molar-refractivity contribution < 1.29 is 4.79 Å². The summed E-state index contributed by atoms with van der Waals surface area (Å²) in [6, 6.07) is 13.1. The van der Waals surface area contributed by atoms with Gasteiger partial charge in [-0.05, 0) is 18.1 Å². The van der Waals surface area contributed by atoms with Gasteiger partial charge in [0.25, 0.3) is 0 Å². The highest BCUT2D eigenvalue weighted by molar-refractivity contribution is 7.21. The Balaban J connectivity index is 2.11. The standard InChI is InChI=1S/C17H16N2OS/c1-10(2)13-9-8-12-14(18)16(21-17(12)19-13)15(20)11-6-4-3-5-7-11/h3-10H,18H2,1-2H3. The summed E-state index contributed by atoms with van der Waals surface area (Å²) in [6.45, 7) is 4.20. The third-order valence-electron chi connectivity index (χ3n) is 3.45. The fourth-order valence-corrected chi connectivity index (χ4v) is 3.29. The normalized spacial score (nSPS) is 11.2. The summed E-state index contributed by atoms with van der Waals surface area (Å²) in [6.07, 6.45) is 0. The Kier molecular flexibility index (Phi) is 3.47. The molecule has 0 spiro atoms. The zero-order valence-electron chi connectivity index (χ0n) is 12.0. The second-order valence-corrected chi connectivity index (χ2v) is 6.28. The lowest BCUT2D eigenvalue weighted by Crippen LogP contribution is -2.01. The first kappa shape index (κ1) is 13.8. The number of anilines is 1. The van der Waals surface area contributed by atoms with E-state index in [2.05, 4.69) is 18.8 Å². The van der Waals surface area contributed by atoms with Crippen molar-refractivity contribution in [1.29, 1.82) is 0 Å². The molecular weight excluding hydrogens is 280 g/mol. The van der Waals surface area contributed by atoms with Crippen LogP contribution in [0.15, 0.2) is 42.5 Å². The van der Waals surface area contributed by atoms with Crippen molar-refractivity contribution in [1.82, 2.24) is 4.98 Å². The van der Waals surface area contributed by atoms with Crippen molar-refractivity contribution in [3.8, 4) is 0 Å². The molecule has 0 bridgehead atoms. The largest absolute Gasteiger partial charge is 0.397 e. The quantitative estimate of drug-likeness (QED) is 0.736. The van der Waals surface area contributed by atoms with Crippen LogP contribution in [0.3, 0.4) is 0 Å². The van der Waals surface area contributed by atoms with Crippen LogP contribution in [-0.4, -0.2) is 10.8 Å². The average Bonchev–Trinajstić information content (AvgIpc) is 2.84. The van der Waals surface area contributed by atoms with E-state index in [4.69, 9.17) is 5.73 Å². The number of rotatable bonds is 3. The summed E-state index contributed by atoms with van der Waals surface area (Å²) < 4.78 is 0. The number of nitrogens with two attached hydrogens (primary N) is 1. The highest BCUT2D eigenvalue weighted by atomic mass is 32.1. The molecule has 0 radical (unpaired) electrons. The zero-order valence-corrected chi connectivity index (χ0v) is 12.8. The second-order valence-electron chi connectivity index (χ2n) is 5.28. The van der Waals surface area contributed by atoms with Crippen molar-refractivity contribution >= 4 is 33.0 Å². The van der Waals surface area contributed by atoms with Gasteiger partial charge in [-0.15, -0.1) is 11.3 Å². The van der Waals surface area contributed by atoms with Gasteiger partial charge in [0, 0.05) is 16.6 Å². The third-order valence-corrected chi connectivity index (χ3v) is 4.56. The summed E-state index contributed by atoms with van der Waals surface area (Å²) in [5.74, 6) is 0.313. The Hall–Kier alpha value is -2.20. The van der Waals surface area contributed by atoms with Crippen molar-refractivity contribution in [3.63, 3.8) is 0 Å². The molecule has 0 aliphatic rings. The Labute approximate surface area is 127 Å². The molecule has 0 saturated carbocycles. The summed E-state index contributed by atoms with van der Waals surface area (Å²) in [7, 11) is 0. The van der Waals surface area contributed by atoms with Gasteiger partial charge < -0.3 is 5.73 Å². The Bertz CT molecular complexity index is 806. The SMILES string of the molecule is CC(C)c1ccc2c(N)c(C(=O)c3ccccc3)sc2n1. The van der Waals surface area contributed by atoms with Crippen LogP contribution in [0.1, 0.15) is 40.7 Å². The van der Waals surface area contributed by atoms with Crippen molar-refractivity contribution in [2.45, 2.75) is 19.8 Å². The first-order valence-corrected chi connectivity index (χ1v) is 7.68. The number of carbonyl (C=O) groups excluding carboxylic acids is 1. The maximum atomic E-state index is 12.6. The van der Waals surface area contributed by atoms with Gasteiger partial charge in [0.2, 0.25) is 5.78 Å². The van der Waals surface area contributed by atoms with E-state index < -0.39 is 0 Å². The minimum atomic E-state index is -0.0396. The van der Waals surface area contributed by atoms with E-state index in [0.29, 0.717) is 22.0 Å². The van der Waals surface area contributed by atoms with Crippen molar-refractivity contribution in [3.05, 3.63) is 58.6 Å². The molecule has 0 amide bonds. The molecule has 0 aliphatic carbocycles. The van der Waals surface area contributed by atoms with E-state index in [1.165, 1.54) is 11.3 Å². The summed E-state index contributed by atoms with van der Waals surface area (Å²) in [5, 5.41) is 0.865. The monoisotopic (exact) mass is 296 g/mol. The first-order valence-electron chi connectivity index (χ1n) is 6.86. The smallest absolute Gasteiger partial charge is 0.205 e. The van der Waals surface area contributed by atoms with Gasteiger partial charge in [0.15, 0.2) is 0 Å². The molecular formula is C17H16N2OS. The molecule has 1 aromatic carbocycles. The predicted octanol–water partition coefficient (Wildman–Crippen LogP) is 4.23. The van der Waals surface area contributed by atoms with Crippen LogP contribution in [0.4, 0.5) is 5.69 Å². The molecule has 3 rings (SSSR count). The van der Waals surface area contributed by atoms with Gasteiger partial charge in [-0.3, -0.25) is 4.79 Å². The molecule has 3 aromatic rings. The minimum Gasteiger partial charge on any atom is -0.397 e. The van der Waals surface area contributed by atoms with Crippen LogP contribution in [0.25, 0.3) is 10.2 Å². The van der Waals surface area contributed by atoms with Crippen LogP contribution < -0.4 is 5.73 Å². The molecule has 2 aromatic heterocycles. The molecule has 2 N–H and O–H groups in total. The fourth-order valence-electron chi connectivity index (χ4n) is 2.22. The molecule has 2 heterocycles. The van der Waals surface area contributed by atoms with Gasteiger partial charge in [0.1, 0.15) is 9.71 Å². The lowest BCUT2D eigenvalue weighted by atomic mass is 10.1. The lowest BCUT2D eigenvalue weighted by Gasteiger charge is -2.03. The second kappa shape index (κ2) is 5.30. The number of hydrogen-bond acceptors (Lipinski definition) is 4. The number of fused-ring (bicyclic) bond motifs is 1. The molecule has 0 atom stereocenters. The summed E-state index contributed by atoms with van der Waals surface area (Å²) in [4.78, 5) is 18.6. The topological polar surface area (TPSA) is 56.0 Å². The lowest BCUT2D eigenvalue weighted by molar-refractivity contribution is 0.104. The van der Waals surface area contributed by atoms with Gasteiger partial charge in [-0.2, -0.15) is 0 Å². The van der Waals surface area contributed by atoms with E-state index in [9.17, 15) is 4.79 Å². The molecule has 3 nitrogen and oxygen atoms in total. The van der Waals surface area contributed by atoms with E-state index in [1.807, 2.05) is 30.3 Å². The van der Waals surface area contributed by atoms with Gasteiger partial charge in [0.05, 0.1) is 5.69 Å². The highest BCUT2D eigenvalue weighted by Crippen LogP contribution is 2.34. The first-order chi connectivity index (χ1) is 10.1. The van der Waals surface area contributed by atoms with Crippen LogP contribution >= 0.6 is 11.3 Å². The van der Waals surface area contributed by atoms with Crippen LogP contribution in [-0.2, 0) is 0 Å². The zero-order chi connectivity index (χ0) is 15.0. The number of ketones is 1. The number of carbonyl (C=O) groups is 1. The maximum Gasteiger partial charge on any atom is 0.205 e. The predicted molar refractivity (Wildman–Crippen MR) is 88.0 cm³/mol. The average molecular weight is 296 g/mol. The molecule has 4 heteroatoms. The maximum absolute atomic E-state index is 12.6. The Morgan fingerprint density at radius 3 is 2.52 bits per heavy atom. The minimum absolute atomic E-state index is 0.0396. The van der Waals surface area contributed by atoms with E-state index in [1.54, 1.807) is 12.1 Å². The molecule has 0 unspecified atom stereocenters. The number of pyridine rings is 1. The molecule has 106 valence electrons. The van der Waals surface area contributed by atoms with Gasteiger partial charge in [-0.25, -0.2) is 4.98 Å². The van der Waals surface area contributed by atoms with Crippen LogP contribution in [0, 0.1) is 0 Å². The number of benzene rings is 1. The molecule has 0 aliphatic heterocycles. The van der Waals surface area contributed by atoms with E-state index >= 15 is 0 Å². The van der Waals surface area contributed by atoms with Crippen molar-refractivity contribution in [2.24, 2.45) is 0 Å². The Morgan fingerprint density at radius 1 is 1.14 bits per heavy atom. The molecule has 21 heavy (non-hydrogen) atoms. The van der Waals surface area contributed by atoms with Crippen LogP contribution in [0.2, 0.25) is 0 Å². The third kappa shape index (κ3) is 2.43. The van der Waals surface area contributed by atoms with Crippen molar-refractivity contribution in [2.75, 3.05) is 5.73 Å². The molecule has 0 fully saturated rings. The number of nitrogen functional groups attached to an aromatic ring is 1. The number of hydrogen-bond donors (Lipinski definition) is 1. The molecule has 0 saturated heterocycles. The number of thiophene rings is 1. The van der Waals surface area contributed by atoms with Gasteiger partial charge in [-0.1, -0.05) is 44.2 Å². The number of nitrogens with zero attached hydrogens (tertiary/aromatic N) is 1. The fraction of sp³-hybridized carbons (Fsp3) is 0.176. The summed E-state index contributed by atoms with van der Waals surface area (Å²) in [5.41, 5.74) is 8.36. The van der Waals surface area contributed by atoms with E-state index in [-0.39, 0.29) is 5.78 Å². The van der Waals surface area contributed by atoms with Gasteiger partial charge >= 0.3 is 0 Å². The highest BCUT2D eigenvalue weighted by Gasteiger charge is 2.19. The number of aromatic nitrogens is 1. The summed E-state index contributed by atoms with van der Waals surface area (Å²) >= 11 is 1.37. The Morgan fingerprint density at radius 2 is 1.86 bits per heavy atom. The van der Waals surface area contributed by atoms with Crippen LogP contribution in [0.5, 0.6) is 0 Å². The van der Waals surface area contributed by atoms with E-state index in [0.717, 1.165) is 15.9 Å².